The van der Waals surface area contributed by atoms with Crippen LogP contribution in [0, 0.1) is 51.8 Å². The van der Waals surface area contributed by atoms with Crippen LogP contribution in [0.2, 0.25) is 0 Å². The molecule has 8 unspecified atom stereocenters. The number of rotatable bonds is 4. The van der Waals surface area contributed by atoms with Crippen molar-refractivity contribution in [2.45, 2.75) is 89.9 Å². The van der Waals surface area contributed by atoms with Crippen LogP contribution in [0.1, 0.15) is 66.7 Å². The van der Waals surface area contributed by atoms with Crippen LogP contribution in [0.15, 0.2) is 0 Å². The summed E-state index contributed by atoms with van der Waals surface area (Å²) in [5.74, 6) is 2.86. The zero-order valence-corrected chi connectivity index (χ0v) is 19.8. The molecule has 4 bridgehead atoms. The van der Waals surface area contributed by atoms with Crippen molar-refractivity contribution in [2.75, 3.05) is 14.2 Å². The molecule has 0 aromatic carbocycles. The van der Waals surface area contributed by atoms with Crippen LogP contribution in [0.5, 0.6) is 0 Å². The van der Waals surface area contributed by atoms with Crippen molar-refractivity contribution in [3.05, 3.63) is 0 Å². The number of carbonyl (C=O) groups excluding carboxylic acids is 1. The largest absolute Gasteiger partial charge is 0.378 e. The number of likely N-dealkylation sites (N-methyl/N-ethyl adjacent to an activating group) is 1. The fourth-order valence-corrected chi connectivity index (χ4v) is 9.50. The SMILES string of the molecule is CNC(C(=O)N1[C@H](C#N)C[C@@H]2C[C@@]21C)C12CC3C(C)C(C)(C1)C(C)C(OC)(C2)C3C. The van der Waals surface area contributed by atoms with Crippen LogP contribution in [-0.4, -0.2) is 48.2 Å². The lowest BCUT2D eigenvalue weighted by molar-refractivity contribution is -0.298. The molecule has 0 aromatic heterocycles. The molecule has 5 aliphatic carbocycles. The van der Waals surface area contributed by atoms with Gasteiger partial charge in [0, 0.05) is 12.6 Å². The first-order valence-corrected chi connectivity index (χ1v) is 12.0. The number of ether oxygens (including phenoxy) is 1. The third-order valence-corrected chi connectivity index (χ3v) is 11.5. The first-order valence-electron chi connectivity index (χ1n) is 12.0. The van der Waals surface area contributed by atoms with Crippen molar-refractivity contribution >= 4 is 5.91 Å². The Morgan fingerprint density at radius 2 is 1.90 bits per heavy atom. The molecule has 30 heavy (non-hydrogen) atoms. The molecular formula is C25H39N3O2. The molecule has 0 radical (unpaired) electrons. The number of likely N-dealkylation sites (tertiary alicyclic amines) is 1. The monoisotopic (exact) mass is 413 g/mol. The van der Waals surface area contributed by atoms with Crippen molar-refractivity contribution < 1.29 is 9.53 Å². The van der Waals surface area contributed by atoms with Crippen LogP contribution in [0.25, 0.3) is 0 Å². The predicted octanol–water partition coefficient (Wildman–Crippen LogP) is 3.59. The van der Waals surface area contributed by atoms with Gasteiger partial charge in [-0.3, -0.25) is 4.79 Å². The van der Waals surface area contributed by atoms with Gasteiger partial charge in [-0.2, -0.15) is 5.26 Å². The molecule has 1 aliphatic heterocycles. The van der Waals surface area contributed by atoms with Crippen LogP contribution in [-0.2, 0) is 9.53 Å². The molecule has 6 aliphatic rings. The van der Waals surface area contributed by atoms with Crippen molar-refractivity contribution in [2.24, 2.45) is 40.4 Å². The number of nitriles is 1. The van der Waals surface area contributed by atoms with E-state index in [1.807, 2.05) is 19.1 Å². The average Bonchev–Trinajstić information content (AvgIpc) is 3.27. The molecule has 6 rings (SSSR count). The van der Waals surface area contributed by atoms with E-state index in [1.165, 1.54) is 0 Å². The molecule has 0 spiro atoms. The molecule has 11 atom stereocenters. The number of nitrogens with one attached hydrogen (secondary N) is 1. The topological polar surface area (TPSA) is 65.4 Å². The smallest absolute Gasteiger partial charge is 0.241 e. The van der Waals surface area contributed by atoms with Crippen molar-refractivity contribution in [1.82, 2.24) is 10.2 Å². The van der Waals surface area contributed by atoms with Gasteiger partial charge in [0.1, 0.15) is 6.04 Å². The summed E-state index contributed by atoms with van der Waals surface area (Å²) >= 11 is 0. The number of hydrogen-bond donors (Lipinski definition) is 1. The summed E-state index contributed by atoms with van der Waals surface area (Å²) in [6.07, 6.45) is 4.99. The Balaban J connectivity index is 1.56. The highest BCUT2D eigenvalue weighted by molar-refractivity contribution is 5.85. The summed E-state index contributed by atoms with van der Waals surface area (Å²) in [7, 11) is 3.84. The summed E-state index contributed by atoms with van der Waals surface area (Å²) < 4.78 is 6.40. The molecule has 5 heteroatoms. The maximum Gasteiger partial charge on any atom is 0.241 e. The Bertz CT molecular complexity index is 824. The highest BCUT2D eigenvalue weighted by atomic mass is 16.5. The Kier molecular flexibility index (Phi) is 4.16. The van der Waals surface area contributed by atoms with Gasteiger partial charge in [0.15, 0.2) is 0 Å². The Morgan fingerprint density at radius 1 is 1.20 bits per heavy atom. The van der Waals surface area contributed by atoms with Gasteiger partial charge in [-0.1, -0.05) is 27.7 Å². The summed E-state index contributed by atoms with van der Waals surface area (Å²) in [4.78, 5) is 16.1. The number of nitrogens with zero attached hydrogens (tertiary/aromatic N) is 2. The Labute approximate surface area is 181 Å². The number of hydrogen-bond acceptors (Lipinski definition) is 4. The lowest BCUT2D eigenvalue weighted by Crippen LogP contribution is -2.75. The minimum atomic E-state index is -0.269. The summed E-state index contributed by atoms with van der Waals surface area (Å²) in [5.41, 5.74) is -0.198. The Morgan fingerprint density at radius 3 is 2.50 bits per heavy atom. The van der Waals surface area contributed by atoms with Crippen LogP contribution >= 0.6 is 0 Å². The third-order valence-electron chi connectivity index (χ3n) is 11.5. The minimum Gasteiger partial charge on any atom is -0.378 e. The molecule has 166 valence electrons. The van der Waals surface area contributed by atoms with E-state index in [0.717, 1.165) is 32.1 Å². The fourth-order valence-electron chi connectivity index (χ4n) is 9.50. The highest BCUT2D eigenvalue weighted by Gasteiger charge is 2.74. The van der Waals surface area contributed by atoms with Crippen molar-refractivity contribution in [3.63, 3.8) is 0 Å². The Hall–Kier alpha value is -1.12. The number of piperidine rings is 1. The molecular weight excluding hydrogens is 374 g/mol. The van der Waals surface area contributed by atoms with Gasteiger partial charge >= 0.3 is 0 Å². The normalized spacial score (nSPS) is 56.5. The first kappa shape index (κ1) is 20.8. The van der Waals surface area contributed by atoms with Gasteiger partial charge in [-0.15, -0.1) is 0 Å². The first-order chi connectivity index (χ1) is 14.0. The van der Waals surface area contributed by atoms with E-state index in [-0.39, 0.29) is 40.0 Å². The second-order valence-corrected chi connectivity index (χ2v) is 12.1. The van der Waals surface area contributed by atoms with Crippen molar-refractivity contribution in [1.29, 1.82) is 5.26 Å². The number of methoxy groups -OCH3 is 1. The maximum absolute atomic E-state index is 14.1. The predicted molar refractivity (Wildman–Crippen MR) is 115 cm³/mol. The van der Waals surface area contributed by atoms with Gasteiger partial charge < -0.3 is 15.0 Å². The van der Waals surface area contributed by atoms with Gasteiger partial charge in [-0.05, 0) is 86.5 Å². The molecule has 1 saturated heterocycles. The quantitative estimate of drug-likeness (QED) is 0.765. The highest BCUT2D eigenvalue weighted by Crippen LogP contribution is 2.74. The zero-order chi connectivity index (χ0) is 21.9. The number of fused-ring (bicyclic) bond motifs is 1. The third kappa shape index (κ3) is 2.13. The van der Waals surface area contributed by atoms with Gasteiger partial charge in [-0.25, -0.2) is 0 Å². The van der Waals surface area contributed by atoms with E-state index in [9.17, 15) is 10.1 Å². The molecule has 5 saturated carbocycles. The second kappa shape index (κ2) is 6.01. The number of amides is 1. The summed E-state index contributed by atoms with van der Waals surface area (Å²) in [6.45, 7) is 11.8. The standard InChI is InChI=1S/C25H39N3O2/c1-14-19-10-24(12-22(14,4)16(3)25(13-24,30-7)15(19)2)20(27-6)21(29)28-18(11-26)8-17-9-23(17,28)5/h14-20,27H,8-10,12-13H2,1-7H3/t14?,15?,16?,17-,18+,19?,20?,22?,23+,24?,25?/m1/s1. The van der Waals surface area contributed by atoms with Crippen LogP contribution in [0.3, 0.4) is 0 Å². The van der Waals surface area contributed by atoms with Crippen LogP contribution < -0.4 is 5.32 Å². The van der Waals surface area contributed by atoms with Gasteiger partial charge in [0.25, 0.3) is 0 Å². The zero-order valence-electron chi connectivity index (χ0n) is 19.8. The lowest BCUT2D eigenvalue weighted by atomic mass is 9.33. The molecule has 0 aromatic rings. The van der Waals surface area contributed by atoms with E-state index < -0.39 is 0 Å². The van der Waals surface area contributed by atoms with E-state index in [2.05, 4.69) is 46.0 Å². The molecule has 5 nitrogen and oxygen atoms in total. The van der Waals surface area contributed by atoms with Crippen LogP contribution in [0.4, 0.5) is 0 Å². The lowest BCUT2D eigenvalue weighted by Gasteiger charge is -2.74. The maximum atomic E-state index is 14.1. The minimum absolute atomic E-state index is 0.101. The second-order valence-electron chi connectivity index (χ2n) is 12.1. The van der Waals surface area contributed by atoms with E-state index in [4.69, 9.17) is 4.74 Å². The van der Waals surface area contributed by atoms with Gasteiger partial charge in [0.2, 0.25) is 5.91 Å². The molecule has 6 fully saturated rings. The molecule has 1 heterocycles. The summed E-state index contributed by atoms with van der Waals surface area (Å²) in [6, 6.07) is 1.92. The molecule has 1 N–H and O–H groups in total. The number of carbonyl (C=O) groups is 1. The van der Waals surface area contributed by atoms with Crippen molar-refractivity contribution in [3.8, 4) is 6.07 Å². The van der Waals surface area contributed by atoms with E-state index >= 15 is 0 Å². The van der Waals surface area contributed by atoms with E-state index in [1.54, 1.807) is 0 Å². The fraction of sp³-hybridized carbons (Fsp3) is 0.920. The average molecular weight is 414 g/mol. The van der Waals surface area contributed by atoms with Gasteiger partial charge in [0.05, 0.1) is 17.7 Å². The molecule has 1 amide bonds. The van der Waals surface area contributed by atoms with E-state index in [0.29, 0.717) is 29.6 Å². The summed E-state index contributed by atoms with van der Waals surface area (Å²) in [5, 5.41) is 13.3.